The maximum absolute atomic E-state index is 12.1. The molecule has 0 saturated carbocycles. The van der Waals surface area contributed by atoms with E-state index in [0.29, 0.717) is 19.0 Å². The van der Waals surface area contributed by atoms with Crippen LogP contribution in [0, 0.1) is 0 Å². The Morgan fingerprint density at radius 2 is 1.36 bits per heavy atom. The number of hydrogen-bond acceptors (Lipinski definition) is 7. The van der Waals surface area contributed by atoms with Crippen molar-refractivity contribution >= 4 is 41.4 Å². The zero-order chi connectivity index (χ0) is 32.8. The molecule has 0 spiro atoms. The topological polar surface area (TPSA) is 97.5 Å². The van der Waals surface area contributed by atoms with Crippen LogP contribution in [0.5, 0.6) is 0 Å². The number of piperazine rings is 1. The van der Waals surface area contributed by atoms with Gasteiger partial charge in [-0.05, 0) is 101 Å². The molecule has 3 heterocycles. The molecule has 0 radical (unpaired) electrons. The van der Waals surface area contributed by atoms with Crippen LogP contribution < -0.4 is 25.8 Å². The highest BCUT2D eigenvalue weighted by Gasteiger charge is 2.28. The summed E-state index contributed by atoms with van der Waals surface area (Å²) in [5.41, 5.74) is 12.3. The molecule has 242 valence electrons. The molecule has 45 heavy (non-hydrogen) atoms. The Hall–Kier alpha value is -4.37. The number of hydrogen-bond donors (Lipinski definition) is 2. The summed E-state index contributed by atoms with van der Waals surface area (Å²) in [6.07, 6.45) is 8.20. The van der Waals surface area contributed by atoms with Gasteiger partial charge in [0.25, 0.3) is 0 Å². The van der Waals surface area contributed by atoms with E-state index in [4.69, 9.17) is 5.73 Å². The van der Waals surface area contributed by atoms with E-state index in [1.54, 1.807) is 17.2 Å². The van der Waals surface area contributed by atoms with Crippen LogP contribution in [0.2, 0.25) is 0 Å². The zero-order valence-corrected chi connectivity index (χ0v) is 27.5. The highest BCUT2D eigenvalue weighted by Crippen LogP contribution is 2.27. The van der Waals surface area contributed by atoms with Gasteiger partial charge in [0.1, 0.15) is 0 Å². The van der Waals surface area contributed by atoms with Crippen molar-refractivity contribution in [3.63, 3.8) is 0 Å². The van der Waals surface area contributed by atoms with Gasteiger partial charge in [0.2, 0.25) is 5.91 Å². The number of imide groups is 1. The number of carbonyl (C=O) groups excluding carboxylic acids is 2. The Morgan fingerprint density at radius 3 is 1.82 bits per heavy atom. The lowest BCUT2D eigenvalue weighted by Crippen LogP contribution is -2.53. The Morgan fingerprint density at radius 1 is 0.844 bits per heavy atom. The first-order valence-electron chi connectivity index (χ1n) is 15.8. The maximum atomic E-state index is 12.1. The second-order valence-corrected chi connectivity index (χ2v) is 11.7. The molecule has 0 aromatic heterocycles. The highest BCUT2D eigenvalue weighted by atomic mass is 16.2. The van der Waals surface area contributed by atoms with E-state index in [1.165, 1.54) is 29.8 Å². The Bertz CT molecular complexity index is 1310. The van der Waals surface area contributed by atoms with Crippen molar-refractivity contribution in [3.8, 4) is 0 Å². The van der Waals surface area contributed by atoms with Gasteiger partial charge in [-0.3, -0.25) is 24.9 Å². The fraction of sp³-hybridized carbons (Fsp3) is 0.417. The fourth-order valence-corrected chi connectivity index (χ4v) is 5.37. The number of amides is 3. The van der Waals surface area contributed by atoms with Crippen LogP contribution in [0.25, 0.3) is 0 Å². The molecule has 5 rings (SSSR count). The molecule has 2 aromatic carbocycles. The summed E-state index contributed by atoms with van der Waals surface area (Å²) in [6.45, 7) is 21.7. The number of rotatable bonds is 6. The second-order valence-electron chi connectivity index (χ2n) is 11.7. The van der Waals surface area contributed by atoms with Crippen molar-refractivity contribution in [3.05, 3.63) is 84.6 Å². The van der Waals surface area contributed by atoms with Gasteiger partial charge in [-0.25, -0.2) is 4.79 Å². The largest absolute Gasteiger partial charge is 0.399 e. The number of carbonyl (C=O) groups is 2. The van der Waals surface area contributed by atoms with Crippen LogP contribution in [-0.4, -0.2) is 75.4 Å². The fourth-order valence-electron chi connectivity index (χ4n) is 5.37. The summed E-state index contributed by atoms with van der Waals surface area (Å²) in [5, 5.41) is 2.38. The lowest BCUT2D eigenvalue weighted by molar-refractivity contribution is -0.120. The van der Waals surface area contributed by atoms with Gasteiger partial charge >= 0.3 is 6.03 Å². The molecule has 9 nitrogen and oxygen atoms in total. The maximum Gasteiger partial charge on any atom is 0.328 e. The van der Waals surface area contributed by atoms with E-state index in [1.807, 2.05) is 38.1 Å². The number of aliphatic imine (C=N–C) groups is 1. The molecule has 9 heteroatoms. The van der Waals surface area contributed by atoms with Crippen LogP contribution in [-0.2, 0) is 4.79 Å². The standard InChI is InChI=1S/C25H32N6O2.C6H9N.C5H10/c26-19-1-3-20(4-2-19)28-12-9-22(10-13-28)30-17-15-29(16-18-30)21-5-7-23(8-6-21)31-14-11-24(32)27-25(31)33;1-4-6(2)5-7-3;1-4-5(2)3/h1-8,22H,9-18,26H2,(H,27,32,33);4-5H,1,3H2,2H3;4H,1-3H3/b;6-5+;. The molecule has 2 aromatic rings. The third-order valence-electron chi connectivity index (χ3n) is 8.33. The molecule has 0 bridgehead atoms. The Labute approximate surface area is 269 Å². The number of piperidine rings is 1. The smallest absolute Gasteiger partial charge is 0.328 e. The zero-order valence-electron chi connectivity index (χ0n) is 27.5. The normalized spacial score (nSPS) is 17.7. The number of nitrogens with zero attached hydrogens (tertiary/aromatic N) is 5. The molecule has 3 aliphatic heterocycles. The van der Waals surface area contributed by atoms with Crippen molar-refractivity contribution in [1.82, 2.24) is 10.2 Å². The monoisotopic (exact) mass is 613 g/mol. The van der Waals surface area contributed by atoms with E-state index in [2.05, 4.69) is 82.5 Å². The average Bonchev–Trinajstić information content (AvgIpc) is 3.06. The van der Waals surface area contributed by atoms with Gasteiger partial charge < -0.3 is 15.5 Å². The van der Waals surface area contributed by atoms with E-state index < -0.39 is 0 Å². The Balaban J connectivity index is 0.000000393. The number of nitrogens with one attached hydrogen (secondary N) is 1. The summed E-state index contributed by atoms with van der Waals surface area (Å²) in [7, 11) is 0. The van der Waals surface area contributed by atoms with Crippen LogP contribution in [0.4, 0.5) is 27.5 Å². The number of urea groups is 1. The predicted molar refractivity (Wildman–Crippen MR) is 190 cm³/mol. The molecule has 0 atom stereocenters. The van der Waals surface area contributed by atoms with Crippen LogP contribution >= 0.6 is 0 Å². The molecule has 3 saturated heterocycles. The first-order chi connectivity index (χ1) is 21.6. The molecular formula is C36H51N7O2. The van der Waals surface area contributed by atoms with Crippen molar-refractivity contribution < 1.29 is 9.59 Å². The molecule has 0 aliphatic carbocycles. The van der Waals surface area contributed by atoms with Crippen LogP contribution in [0.15, 0.2) is 89.6 Å². The van der Waals surface area contributed by atoms with E-state index in [-0.39, 0.29) is 11.9 Å². The van der Waals surface area contributed by atoms with E-state index in [9.17, 15) is 9.59 Å². The minimum atomic E-state index is -0.338. The summed E-state index contributed by atoms with van der Waals surface area (Å²) >= 11 is 0. The Kier molecular flexibility index (Phi) is 13.9. The summed E-state index contributed by atoms with van der Waals surface area (Å²) < 4.78 is 0. The van der Waals surface area contributed by atoms with Gasteiger partial charge in [0.05, 0.1) is 0 Å². The van der Waals surface area contributed by atoms with Crippen molar-refractivity contribution in [2.24, 2.45) is 4.99 Å². The minimum absolute atomic E-state index is 0.207. The molecule has 3 aliphatic rings. The quantitative estimate of drug-likeness (QED) is 0.173. The highest BCUT2D eigenvalue weighted by molar-refractivity contribution is 6.05. The number of anilines is 4. The summed E-state index contributed by atoms with van der Waals surface area (Å²) in [5.74, 6) is -0.207. The molecule has 0 unspecified atom stereocenters. The van der Waals surface area contributed by atoms with Gasteiger partial charge in [-0.15, -0.1) is 0 Å². The summed E-state index contributed by atoms with van der Waals surface area (Å²) in [6, 6.07) is 16.6. The van der Waals surface area contributed by atoms with E-state index >= 15 is 0 Å². The average molecular weight is 614 g/mol. The third-order valence-corrected chi connectivity index (χ3v) is 8.33. The third kappa shape index (κ3) is 10.9. The van der Waals surface area contributed by atoms with Gasteiger partial charge in [-0.2, -0.15) is 0 Å². The molecule has 3 amide bonds. The van der Waals surface area contributed by atoms with Gasteiger partial charge in [0.15, 0.2) is 0 Å². The van der Waals surface area contributed by atoms with Crippen molar-refractivity contribution in [2.75, 3.05) is 66.2 Å². The molecular weight excluding hydrogens is 562 g/mol. The van der Waals surface area contributed by atoms with Crippen molar-refractivity contribution in [2.45, 2.75) is 53.0 Å². The first kappa shape index (κ1) is 35.1. The van der Waals surface area contributed by atoms with Gasteiger partial charge in [-0.1, -0.05) is 24.3 Å². The van der Waals surface area contributed by atoms with Gasteiger partial charge in [0, 0.05) is 87.2 Å². The van der Waals surface area contributed by atoms with Crippen LogP contribution in [0.1, 0.15) is 47.0 Å². The lowest BCUT2D eigenvalue weighted by Gasteiger charge is -2.44. The summed E-state index contributed by atoms with van der Waals surface area (Å²) in [4.78, 5) is 36.1. The minimum Gasteiger partial charge on any atom is -0.399 e. The predicted octanol–water partition coefficient (Wildman–Crippen LogP) is 6.26. The number of nitrogens with two attached hydrogens (primary N) is 1. The number of benzene rings is 2. The number of nitrogen functional groups attached to an aromatic ring is 1. The second kappa shape index (κ2) is 17.8. The first-order valence-corrected chi connectivity index (χ1v) is 15.8. The van der Waals surface area contributed by atoms with Crippen LogP contribution in [0.3, 0.4) is 0 Å². The lowest BCUT2D eigenvalue weighted by atomic mass is 10.0. The van der Waals surface area contributed by atoms with Crippen molar-refractivity contribution in [1.29, 1.82) is 0 Å². The van der Waals surface area contributed by atoms with E-state index in [0.717, 1.165) is 56.2 Å². The number of allylic oxidation sites excluding steroid dienone is 4. The molecule has 3 fully saturated rings. The SMILES string of the molecule is C=C/C(C)=C/N=C.CC=C(C)C.Nc1ccc(N2CCC(N3CCN(c4ccc(N5CCC(=O)NC5=O)cc4)CC3)CC2)cc1. The molecule has 3 N–H and O–H groups in total.